The largest absolute Gasteiger partial charge is 0.452 e. The van der Waals surface area contributed by atoms with Crippen LogP contribution in [0.3, 0.4) is 0 Å². The van der Waals surface area contributed by atoms with E-state index in [1.807, 2.05) is 30.3 Å². The second-order valence-corrected chi connectivity index (χ2v) is 5.75. The van der Waals surface area contributed by atoms with Gasteiger partial charge in [0.2, 0.25) is 0 Å². The number of carbonyl (C=O) groups is 2. The molecule has 7 heteroatoms. The molecule has 2 aromatic rings. The maximum Gasteiger partial charge on any atom is 0.339 e. The standard InChI is InChI=1S/C17H15F2NO3S/c18-17(19)24-14-9-5-4-8-13(14)16(22)23-11-15(21)20-10-12-6-2-1-3-7-12/h1-9,17H,10-11H2,(H,20,21). The van der Waals surface area contributed by atoms with Crippen LogP contribution in [0.25, 0.3) is 0 Å². The molecule has 0 saturated heterocycles. The van der Waals surface area contributed by atoms with E-state index in [9.17, 15) is 18.4 Å². The number of benzene rings is 2. The van der Waals surface area contributed by atoms with Crippen LogP contribution in [0.1, 0.15) is 15.9 Å². The van der Waals surface area contributed by atoms with Crippen molar-refractivity contribution >= 4 is 23.6 Å². The number of esters is 1. The molecule has 0 bridgehead atoms. The van der Waals surface area contributed by atoms with Gasteiger partial charge in [0, 0.05) is 11.4 Å². The van der Waals surface area contributed by atoms with Crippen molar-refractivity contribution in [2.45, 2.75) is 17.2 Å². The number of nitrogens with one attached hydrogen (secondary N) is 1. The summed E-state index contributed by atoms with van der Waals surface area (Å²) in [5, 5.41) is 2.61. The van der Waals surface area contributed by atoms with Gasteiger partial charge in [-0.15, -0.1) is 0 Å². The molecular formula is C17H15F2NO3S. The Kier molecular flexibility index (Phi) is 6.74. The van der Waals surface area contributed by atoms with Gasteiger partial charge in [-0.2, -0.15) is 8.78 Å². The number of carbonyl (C=O) groups excluding carboxylic acids is 2. The third kappa shape index (κ3) is 5.66. The fraction of sp³-hybridized carbons (Fsp3) is 0.176. The van der Waals surface area contributed by atoms with Crippen molar-refractivity contribution in [1.82, 2.24) is 5.32 Å². The van der Waals surface area contributed by atoms with E-state index >= 15 is 0 Å². The molecule has 0 saturated carbocycles. The Hall–Kier alpha value is -2.41. The first kappa shape index (κ1) is 17.9. The molecule has 0 radical (unpaired) electrons. The van der Waals surface area contributed by atoms with Crippen molar-refractivity contribution in [3.8, 4) is 0 Å². The van der Waals surface area contributed by atoms with Gasteiger partial charge in [-0.25, -0.2) is 4.79 Å². The second kappa shape index (κ2) is 9.02. The number of alkyl halides is 2. The maximum atomic E-state index is 12.5. The molecule has 0 aliphatic rings. The van der Waals surface area contributed by atoms with Gasteiger partial charge in [0.05, 0.1) is 5.56 Å². The maximum absolute atomic E-state index is 12.5. The molecular weight excluding hydrogens is 336 g/mol. The van der Waals surface area contributed by atoms with Crippen LogP contribution >= 0.6 is 11.8 Å². The number of thioether (sulfide) groups is 1. The van der Waals surface area contributed by atoms with Gasteiger partial charge in [-0.05, 0) is 17.7 Å². The number of hydrogen-bond acceptors (Lipinski definition) is 4. The molecule has 0 fully saturated rings. The summed E-state index contributed by atoms with van der Waals surface area (Å²) in [7, 11) is 0. The monoisotopic (exact) mass is 351 g/mol. The molecule has 0 aromatic heterocycles. The fourth-order valence-corrected chi connectivity index (χ4v) is 2.52. The number of ether oxygens (including phenoxy) is 1. The van der Waals surface area contributed by atoms with Crippen molar-refractivity contribution in [1.29, 1.82) is 0 Å². The minimum atomic E-state index is -2.65. The molecule has 1 amide bonds. The molecule has 0 atom stereocenters. The Morgan fingerprint density at radius 2 is 1.71 bits per heavy atom. The van der Waals surface area contributed by atoms with Gasteiger partial charge in [-0.1, -0.05) is 54.2 Å². The number of amides is 1. The average molecular weight is 351 g/mol. The van der Waals surface area contributed by atoms with Crippen LogP contribution in [0.4, 0.5) is 8.78 Å². The van der Waals surface area contributed by atoms with Crippen LogP contribution in [0.15, 0.2) is 59.5 Å². The number of halogens is 2. The van der Waals surface area contributed by atoms with Gasteiger partial charge in [0.15, 0.2) is 6.61 Å². The van der Waals surface area contributed by atoms with Gasteiger partial charge in [0.25, 0.3) is 11.7 Å². The SMILES string of the molecule is O=C(COC(=O)c1ccccc1SC(F)F)NCc1ccccc1. The Morgan fingerprint density at radius 3 is 2.42 bits per heavy atom. The van der Waals surface area contributed by atoms with Crippen molar-refractivity contribution in [3.63, 3.8) is 0 Å². The van der Waals surface area contributed by atoms with Crippen LogP contribution in [-0.2, 0) is 16.1 Å². The zero-order valence-electron chi connectivity index (χ0n) is 12.6. The van der Waals surface area contributed by atoms with Crippen LogP contribution in [0.2, 0.25) is 0 Å². The minimum Gasteiger partial charge on any atom is -0.452 e. The van der Waals surface area contributed by atoms with E-state index in [1.165, 1.54) is 12.1 Å². The molecule has 2 rings (SSSR count). The summed E-state index contributed by atoms with van der Waals surface area (Å²) in [5.41, 5.74) is 0.925. The molecule has 0 heterocycles. The van der Waals surface area contributed by atoms with E-state index in [2.05, 4.69) is 5.32 Å². The van der Waals surface area contributed by atoms with E-state index in [4.69, 9.17) is 4.74 Å². The predicted molar refractivity (Wildman–Crippen MR) is 86.9 cm³/mol. The summed E-state index contributed by atoms with van der Waals surface area (Å²) >= 11 is 0.260. The second-order valence-electron chi connectivity index (χ2n) is 4.71. The highest BCUT2D eigenvalue weighted by atomic mass is 32.2. The van der Waals surface area contributed by atoms with E-state index in [-0.39, 0.29) is 22.2 Å². The summed E-state index contributed by atoms with van der Waals surface area (Å²) < 4.78 is 29.9. The molecule has 0 spiro atoms. The molecule has 0 aliphatic carbocycles. The minimum absolute atomic E-state index is 0.0126. The van der Waals surface area contributed by atoms with Crippen LogP contribution in [-0.4, -0.2) is 24.2 Å². The van der Waals surface area contributed by atoms with Crippen molar-refractivity contribution < 1.29 is 23.1 Å². The lowest BCUT2D eigenvalue weighted by Gasteiger charge is -2.09. The van der Waals surface area contributed by atoms with E-state index in [0.717, 1.165) is 5.56 Å². The predicted octanol–water partition coefficient (Wildman–Crippen LogP) is 3.47. The third-order valence-corrected chi connectivity index (χ3v) is 3.78. The van der Waals surface area contributed by atoms with Gasteiger partial charge < -0.3 is 10.1 Å². The van der Waals surface area contributed by atoms with Crippen molar-refractivity contribution in [3.05, 3.63) is 65.7 Å². The summed E-state index contributed by atoms with van der Waals surface area (Å²) in [6.07, 6.45) is 0. The average Bonchev–Trinajstić information content (AvgIpc) is 2.58. The molecule has 0 aliphatic heterocycles. The lowest BCUT2D eigenvalue weighted by molar-refractivity contribution is -0.124. The van der Waals surface area contributed by atoms with E-state index < -0.39 is 24.2 Å². The molecule has 1 N–H and O–H groups in total. The summed E-state index contributed by atoms with van der Waals surface area (Å²) in [4.78, 5) is 23.8. The first-order valence-corrected chi connectivity index (χ1v) is 7.96. The zero-order chi connectivity index (χ0) is 17.4. The lowest BCUT2D eigenvalue weighted by atomic mass is 10.2. The van der Waals surface area contributed by atoms with E-state index in [1.54, 1.807) is 12.1 Å². The molecule has 4 nitrogen and oxygen atoms in total. The Morgan fingerprint density at radius 1 is 1.04 bits per heavy atom. The Labute approximate surface area is 142 Å². The van der Waals surface area contributed by atoms with Gasteiger partial charge in [-0.3, -0.25) is 4.79 Å². The van der Waals surface area contributed by atoms with Crippen molar-refractivity contribution in [2.75, 3.05) is 6.61 Å². The first-order valence-electron chi connectivity index (χ1n) is 7.08. The Balaban J connectivity index is 1.85. The van der Waals surface area contributed by atoms with Crippen LogP contribution in [0.5, 0.6) is 0 Å². The summed E-state index contributed by atoms with van der Waals surface area (Å²) in [5.74, 6) is -3.92. The highest BCUT2D eigenvalue weighted by molar-refractivity contribution is 7.99. The molecule has 0 unspecified atom stereocenters. The quantitative estimate of drug-likeness (QED) is 0.613. The zero-order valence-corrected chi connectivity index (χ0v) is 13.4. The highest BCUT2D eigenvalue weighted by Gasteiger charge is 2.17. The molecule has 24 heavy (non-hydrogen) atoms. The third-order valence-electron chi connectivity index (χ3n) is 2.99. The number of hydrogen-bond donors (Lipinski definition) is 1. The number of rotatable bonds is 7. The lowest BCUT2D eigenvalue weighted by Crippen LogP contribution is -2.28. The van der Waals surface area contributed by atoms with Crippen LogP contribution in [0, 0.1) is 0 Å². The smallest absolute Gasteiger partial charge is 0.339 e. The first-order chi connectivity index (χ1) is 11.6. The Bertz CT molecular complexity index is 695. The van der Waals surface area contributed by atoms with Gasteiger partial charge >= 0.3 is 5.97 Å². The fourth-order valence-electron chi connectivity index (χ4n) is 1.89. The topological polar surface area (TPSA) is 55.4 Å². The molecule has 2 aromatic carbocycles. The highest BCUT2D eigenvalue weighted by Crippen LogP contribution is 2.28. The summed E-state index contributed by atoms with van der Waals surface area (Å²) in [6.45, 7) is -0.158. The normalized spacial score (nSPS) is 10.5. The van der Waals surface area contributed by atoms with Crippen LogP contribution < -0.4 is 5.32 Å². The van der Waals surface area contributed by atoms with Crippen molar-refractivity contribution in [2.24, 2.45) is 0 Å². The molecule has 126 valence electrons. The summed E-state index contributed by atoms with van der Waals surface area (Å²) in [6, 6.07) is 15.1. The van der Waals surface area contributed by atoms with Gasteiger partial charge in [0.1, 0.15) is 0 Å². The van der Waals surface area contributed by atoms with E-state index in [0.29, 0.717) is 6.54 Å².